The minimum absolute atomic E-state index is 0.0909. The summed E-state index contributed by atoms with van der Waals surface area (Å²) in [4.78, 5) is 8.82. The predicted octanol–water partition coefficient (Wildman–Crippen LogP) is 3.93. The van der Waals surface area contributed by atoms with Crippen molar-refractivity contribution in [3.05, 3.63) is 41.7 Å². The van der Waals surface area contributed by atoms with Crippen LogP contribution in [0.25, 0.3) is 10.9 Å². The largest absolute Gasteiger partial charge is 0.454 e. The molecule has 3 heterocycles. The summed E-state index contributed by atoms with van der Waals surface area (Å²) >= 11 is 6.09. The molecule has 8 nitrogen and oxygen atoms in total. The van der Waals surface area contributed by atoms with Crippen LogP contribution in [0.1, 0.15) is 19.3 Å². The Balaban J connectivity index is 1.44. The highest BCUT2D eigenvalue weighted by atomic mass is 35.5. The molecule has 10 heteroatoms. The van der Waals surface area contributed by atoms with Crippen molar-refractivity contribution in [3.63, 3.8) is 0 Å². The Hall–Kier alpha value is -2.62. The van der Waals surface area contributed by atoms with E-state index < -0.39 is 10.0 Å². The number of sulfonamides is 1. The quantitative estimate of drug-likeness (QED) is 0.607. The third kappa shape index (κ3) is 3.53. The Labute approximate surface area is 178 Å². The second kappa shape index (κ2) is 7.57. The molecular weight excluding hydrogens is 428 g/mol. The van der Waals surface area contributed by atoms with Gasteiger partial charge in [0.15, 0.2) is 11.5 Å². The maximum Gasteiger partial charge on any atom is 0.243 e. The number of benzene rings is 2. The van der Waals surface area contributed by atoms with E-state index in [0.29, 0.717) is 47.0 Å². The molecule has 0 unspecified atom stereocenters. The minimum atomic E-state index is -3.47. The summed E-state index contributed by atoms with van der Waals surface area (Å²) in [7, 11) is -3.47. The van der Waals surface area contributed by atoms with Gasteiger partial charge in [-0.15, -0.1) is 0 Å². The van der Waals surface area contributed by atoms with E-state index in [1.165, 1.54) is 0 Å². The van der Waals surface area contributed by atoms with Crippen molar-refractivity contribution in [2.45, 2.75) is 24.2 Å². The number of ether oxygens (including phenoxy) is 2. The van der Waals surface area contributed by atoms with E-state index in [9.17, 15) is 8.42 Å². The SMILES string of the molecule is O=S(=O)(c1ccc(Nc2nc(Cl)nc3cc4c(cc23)OCO4)cc1)N1CCCCC1. The van der Waals surface area contributed by atoms with Crippen molar-refractivity contribution >= 4 is 44.0 Å². The van der Waals surface area contributed by atoms with Crippen molar-refractivity contribution in [2.75, 3.05) is 25.2 Å². The summed E-state index contributed by atoms with van der Waals surface area (Å²) < 4.78 is 38.0. The molecule has 2 aliphatic rings. The maximum absolute atomic E-state index is 12.8. The van der Waals surface area contributed by atoms with E-state index in [2.05, 4.69) is 15.3 Å². The van der Waals surface area contributed by atoms with Gasteiger partial charge in [0.05, 0.1) is 10.4 Å². The summed E-state index contributed by atoms with van der Waals surface area (Å²) in [6.07, 6.45) is 2.88. The highest BCUT2D eigenvalue weighted by Crippen LogP contribution is 2.38. The van der Waals surface area contributed by atoms with Crippen LogP contribution in [0.2, 0.25) is 5.28 Å². The first-order valence-corrected chi connectivity index (χ1v) is 11.5. The van der Waals surface area contributed by atoms with Crippen LogP contribution in [0.15, 0.2) is 41.3 Å². The normalized spacial score (nSPS) is 16.7. The van der Waals surface area contributed by atoms with Crippen molar-refractivity contribution in [2.24, 2.45) is 0 Å². The first-order valence-electron chi connectivity index (χ1n) is 9.65. The van der Waals surface area contributed by atoms with Gasteiger partial charge in [-0.05, 0) is 54.8 Å². The topological polar surface area (TPSA) is 93.7 Å². The van der Waals surface area contributed by atoms with Crippen LogP contribution in [0.5, 0.6) is 11.5 Å². The zero-order chi connectivity index (χ0) is 20.7. The van der Waals surface area contributed by atoms with Crippen LogP contribution in [-0.2, 0) is 10.0 Å². The monoisotopic (exact) mass is 446 g/mol. The molecule has 1 saturated heterocycles. The van der Waals surface area contributed by atoms with Gasteiger partial charge in [0.25, 0.3) is 0 Å². The van der Waals surface area contributed by atoms with Crippen LogP contribution in [0, 0.1) is 0 Å². The molecule has 1 aromatic heterocycles. The van der Waals surface area contributed by atoms with E-state index in [-0.39, 0.29) is 17.0 Å². The lowest BCUT2D eigenvalue weighted by atomic mass is 10.2. The molecule has 2 aromatic carbocycles. The number of fused-ring (bicyclic) bond motifs is 2. The van der Waals surface area contributed by atoms with E-state index in [4.69, 9.17) is 21.1 Å². The molecule has 0 aliphatic carbocycles. The lowest BCUT2D eigenvalue weighted by molar-refractivity contribution is 0.174. The molecule has 1 N–H and O–H groups in total. The Morgan fingerprint density at radius 2 is 1.67 bits per heavy atom. The first kappa shape index (κ1) is 19.3. The Morgan fingerprint density at radius 1 is 0.967 bits per heavy atom. The molecule has 5 rings (SSSR count). The van der Waals surface area contributed by atoms with Crippen molar-refractivity contribution < 1.29 is 17.9 Å². The number of hydrogen-bond acceptors (Lipinski definition) is 7. The fraction of sp³-hybridized carbons (Fsp3) is 0.300. The molecule has 30 heavy (non-hydrogen) atoms. The highest BCUT2D eigenvalue weighted by molar-refractivity contribution is 7.89. The molecule has 0 spiro atoms. The maximum atomic E-state index is 12.8. The number of anilines is 2. The minimum Gasteiger partial charge on any atom is -0.454 e. The van der Waals surface area contributed by atoms with Crippen molar-refractivity contribution in [3.8, 4) is 11.5 Å². The van der Waals surface area contributed by atoms with Gasteiger partial charge in [0, 0.05) is 30.2 Å². The number of hydrogen-bond donors (Lipinski definition) is 1. The predicted molar refractivity (Wildman–Crippen MR) is 113 cm³/mol. The second-order valence-electron chi connectivity index (χ2n) is 7.18. The average Bonchev–Trinajstić information content (AvgIpc) is 3.21. The Bertz CT molecular complexity index is 1210. The van der Waals surface area contributed by atoms with Gasteiger partial charge in [-0.3, -0.25) is 0 Å². The first-order chi connectivity index (χ1) is 14.5. The van der Waals surface area contributed by atoms with E-state index in [1.54, 1.807) is 40.7 Å². The van der Waals surface area contributed by atoms with Crippen LogP contribution < -0.4 is 14.8 Å². The van der Waals surface area contributed by atoms with Gasteiger partial charge >= 0.3 is 0 Å². The zero-order valence-corrected chi connectivity index (χ0v) is 17.5. The zero-order valence-electron chi connectivity index (χ0n) is 16.0. The van der Waals surface area contributed by atoms with Crippen LogP contribution in [0.3, 0.4) is 0 Å². The van der Waals surface area contributed by atoms with Gasteiger partial charge in [-0.2, -0.15) is 9.29 Å². The van der Waals surface area contributed by atoms with E-state index in [1.807, 2.05) is 0 Å². The summed E-state index contributed by atoms with van der Waals surface area (Å²) in [6, 6.07) is 10.2. The number of piperidine rings is 1. The average molecular weight is 447 g/mol. The molecule has 2 aliphatic heterocycles. The molecule has 0 bridgehead atoms. The number of aromatic nitrogens is 2. The molecule has 1 fully saturated rings. The lowest BCUT2D eigenvalue weighted by Crippen LogP contribution is -2.35. The Kier molecular flexibility index (Phi) is 4.88. The lowest BCUT2D eigenvalue weighted by Gasteiger charge is -2.25. The summed E-state index contributed by atoms with van der Waals surface area (Å²) in [5.41, 5.74) is 1.30. The van der Waals surface area contributed by atoms with Gasteiger partial charge < -0.3 is 14.8 Å². The van der Waals surface area contributed by atoms with Gasteiger partial charge in [-0.1, -0.05) is 6.42 Å². The van der Waals surface area contributed by atoms with Crippen LogP contribution in [-0.4, -0.2) is 42.6 Å². The number of halogens is 1. The summed E-state index contributed by atoms with van der Waals surface area (Å²) in [5, 5.41) is 4.00. The second-order valence-corrected chi connectivity index (χ2v) is 9.45. The van der Waals surface area contributed by atoms with Gasteiger partial charge in [0.2, 0.25) is 22.1 Å². The number of nitrogens with zero attached hydrogens (tertiary/aromatic N) is 3. The highest BCUT2D eigenvalue weighted by Gasteiger charge is 2.25. The van der Waals surface area contributed by atoms with Crippen LogP contribution in [0.4, 0.5) is 11.5 Å². The number of rotatable bonds is 4. The van der Waals surface area contributed by atoms with E-state index in [0.717, 1.165) is 19.3 Å². The summed E-state index contributed by atoms with van der Waals surface area (Å²) in [6.45, 7) is 1.30. The summed E-state index contributed by atoms with van der Waals surface area (Å²) in [5.74, 6) is 1.71. The molecular formula is C20H19ClN4O4S. The molecule has 156 valence electrons. The third-order valence-electron chi connectivity index (χ3n) is 5.23. The third-order valence-corrected chi connectivity index (χ3v) is 7.31. The fourth-order valence-electron chi connectivity index (χ4n) is 3.69. The molecule has 0 saturated carbocycles. The van der Waals surface area contributed by atoms with Crippen molar-refractivity contribution in [1.29, 1.82) is 0 Å². The van der Waals surface area contributed by atoms with Gasteiger partial charge in [0.1, 0.15) is 5.82 Å². The van der Waals surface area contributed by atoms with E-state index >= 15 is 0 Å². The molecule has 0 amide bonds. The number of nitrogens with one attached hydrogen (secondary N) is 1. The molecule has 0 radical (unpaired) electrons. The Morgan fingerprint density at radius 3 is 2.40 bits per heavy atom. The standard InChI is InChI=1S/C20H19ClN4O4S/c21-20-23-16-11-18-17(28-12-29-18)10-15(16)19(24-20)22-13-4-6-14(7-5-13)30(26,27)25-8-2-1-3-9-25/h4-7,10-11H,1-3,8-9,12H2,(H,22,23,24). The smallest absolute Gasteiger partial charge is 0.243 e. The molecule has 3 aromatic rings. The fourth-order valence-corrected chi connectivity index (χ4v) is 5.38. The van der Waals surface area contributed by atoms with Crippen molar-refractivity contribution in [1.82, 2.24) is 14.3 Å². The van der Waals surface area contributed by atoms with Crippen LogP contribution >= 0.6 is 11.6 Å². The van der Waals surface area contributed by atoms with Gasteiger partial charge in [-0.25, -0.2) is 13.4 Å². The molecule has 0 atom stereocenters.